The van der Waals surface area contributed by atoms with Gasteiger partial charge in [-0.15, -0.1) is 0 Å². The van der Waals surface area contributed by atoms with Gasteiger partial charge >= 0.3 is 0 Å². The van der Waals surface area contributed by atoms with E-state index in [1.807, 2.05) is 12.3 Å². The molecule has 0 aliphatic carbocycles. The van der Waals surface area contributed by atoms with Gasteiger partial charge in [-0.3, -0.25) is 4.90 Å². The first-order valence-corrected chi connectivity index (χ1v) is 14.6. The second kappa shape index (κ2) is 10.6. The van der Waals surface area contributed by atoms with Crippen LogP contribution in [0.3, 0.4) is 0 Å². The zero-order valence-corrected chi connectivity index (χ0v) is 23.6. The normalized spacial score (nSPS) is 11.3. The van der Waals surface area contributed by atoms with Gasteiger partial charge in [-0.2, -0.15) is 0 Å². The van der Waals surface area contributed by atoms with Gasteiger partial charge in [0.2, 0.25) is 0 Å². The van der Waals surface area contributed by atoms with Crippen LogP contribution in [0.4, 0.5) is 17.2 Å². The number of anilines is 3. The van der Waals surface area contributed by atoms with E-state index in [2.05, 4.69) is 163 Å². The fraction of sp³-hybridized carbons (Fsp3) is 0. The van der Waals surface area contributed by atoms with Crippen molar-refractivity contribution in [3.05, 3.63) is 170 Å². The van der Waals surface area contributed by atoms with E-state index in [1.165, 1.54) is 54.6 Å². The number of nitrogens with zero attached hydrogens (tertiary/aromatic N) is 2. The molecule has 0 aliphatic heterocycles. The number of aromatic nitrogens is 1. The summed E-state index contributed by atoms with van der Waals surface area (Å²) in [5.74, 6) is 0.878. The Labute approximate surface area is 251 Å². The van der Waals surface area contributed by atoms with Crippen molar-refractivity contribution in [2.45, 2.75) is 0 Å². The maximum Gasteiger partial charge on any atom is 0.137 e. The molecule has 0 spiro atoms. The van der Waals surface area contributed by atoms with Crippen LogP contribution in [0.15, 0.2) is 170 Å². The van der Waals surface area contributed by atoms with E-state index in [1.54, 1.807) is 0 Å². The maximum atomic E-state index is 4.87. The molecule has 0 fully saturated rings. The molecule has 8 rings (SSSR count). The monoisotopic (exact) mass is 548 g/mol. The minimum atomic E-state index is 0.878. The first kappa shape index (κ1) is 25.0. The third kappa shape index (κ3) is 4.32. The topological polar surface area (TPSA) is 16.1 Å². The van der Waals surface area contributed by atoms with E-state index in [9.17, 15) is 0 Å². The molecule has 0 unspecified atom stereocenters. The molecule has 7 aromatic carbocycles. The van der Waals surface area contributed by atoms with Gasteiger partial charge in [-0.1, -0.05) is 140 Å². The summed E-state index contributed by atoms with van der Waals surface area (Å²) in [7, 11) is 0. The Balaban J connectivity index is 1.44. The highest BCUT2D eigenvalue weighted by atomic mass is 15.2. The van der Waals surface area contributed by atoms with Crippen molar-refractivity contribution in [2.24, 2.45) is 0 Å². The van der Waals surface area contributed by atoms with Gasteiger partial charge in [0, 0.05) is 22.7 Å². The van der Waals surface area contributed by atoms with E-state index in [4.69, 9.17) is 4.98 Å². The van der Waals surface area contributed by atoms with Crippen LogP contribution in [0.1, 0.15) is 0 Å². The molecule has 0 amide bonds. The largest absolute Gasteiger partial charge is 0.294 e. The van der Waals surface area contributed by atoms with Gasteiger partial charge in [0.25, 0.3) is 0 Å². The van der Waals surface area contributed by atoms with Gasteiger partial charge in [-0.05, 0) is 68.1 Å². The number of benzene rings is 7. The average Bonchev–Trinajstić information content (AvgIpc) is 3.09. The molecule has 0 saturated carbocycles. The van der Waals surface area contributed by atoms with Crippen LogP contribution in [-0.2, 0) is 0 Å². The van der Waals surface area contributed by atoms with E-state index in [-0.39, 0.29) is 0 Å². The van der Waals surface area contributed by atoms with E-state index in [0.717, 1.165) is 17.2 Å². The Morgan fingerprint density at radius 1 is 0.395 bits per heavy atom. The third-order valence-electron chi connectivity index (χ3n) is 8.30. The van der Waals surface area contributed by atoms with Crippen LogP contribution in [0.5, 0.6) is 0 Å². The summed E-state index contributed by atoms with van der Waals surface area (Å²) in [6.45, 7) is 0. The molecule has 0 saturated heterocycles. The average molecular weight is 549 g/mol. The molecule has 43 heavy (non-hydrogen) atoms. The standard InChI is InChI=1S/C41H28N2/c1-2-13-29(14-3-1)30-24-26-32(27-25-30)43(39-23-10-11-28-42-39)41-37-20-8-6-18-35(37)40(36-19-7-9-21-38(36)41)34-22-12-16-31-15-4-5-17-33(31)34/h1-28H. The molecule has 1 aromatic heterocycles. The molecule has 0 bridgehead atoms. The Kier molecular flexibility index (Phi) is 6.16. The van der Waals surface area contributed by atoms with Crippen LogP contribution in [-0.4, -0.2) is 4.98 Å². The molecular weight excluding hydrogens is 520 g/mol. The minimum absolute atomic E-state index is 0.878. The SMILES string of the molecule is c1ccc(-c2ccc(N(c3ccccn3)c3c4ccccc4c(-c4cccc5ccccc45)c4ccccc34)cc2)cc1. The van der Waals surface area contributed by atoms with E-state index >= 15 is 0 Å². The second-order valence-corrected chi connectivity index (χ2v) is 10.8. The minimum Gasteiger partial charge on any atom is -0.294 e. The number of pyridine rings is 1. The Bertz CT molecular complexity index is 2160. The number of hydrogen-bond donors (Lipinski definition) is 0. The van der Waals surface area contributed by atoms with E-state index in [0.29, 0.717) is 0 Å². The fourth-order valence-corrected chi connectivity index (χ4v) is 6.38. The highest BCUT2D eigenvalue weighted by molar-refractivity contribution is 6.24. The van der Waals surface area contributed by atoms with Crippen molar-refractivity contribution in [3.63, 3.8) is 0 Å². The summed E-state index contributed by atoms with van der Waals surface area (Å²) in [4.78, 5) is 7.19. The molecule has 1 heterocycles. The lowest BCUT2D eigenvalue weighted by molar-refractivity contribution is 1.19. The van der Waals surface area contributed by atoms with Crippen molar-refractivity contribution >= 4 is 49.5 Å². The highest BCUT2D eigenvalue weighted by Gasteiger charge is 2.23. The molecule has 202 valence electrons. The summed E-state index contributed by atoms with van der Waals surface area (Å²) < 4.78 is 0. The van der Waals surface area contributed by atoms with Gasteiger partial charge < -0.3 is 0 Å². The van der Waals surface area contributed by atoms with Gasteiger partial charge in [0.05, 0.1) is 5.69 Å². The van der Waals surface area contributed by atoms with Crippen molar-refractivity contribution in [3.8, 4) is 22.3 Å². The van der Waals surface area contributed by atoms with Gasteiger partial charge in [-0.25, -0.2) is 4.98 Å². The molecule has 8 aromatic rings. The number of rotatable bonds is 5. The summed E-state index contributed by atoms with van der Waals surface area (Å²) in [6, 6.07) is 58.4. The predicted octanol–water partition coefficient (Wildman–Crippen LogP) is 11.3. The zero-order chi connectivity index (χ0) is 28.6. The fourth-order valence-electron chi connectivity index (χ4n) is 6.38. The van der Waals surface area contributed by atoms with Crippen LogP contribution < -0.4 is 4.90 Å². The summed E-state index contributed by atoms with van der Waals surface area (Å²) >= 11 is 0. The summed E-state index contributed by atoms with van der Waals surface area (Å²) in [5.41, 5.74) is 7.08. The lowest BCUT2D eigenvalue weighted by Crippen LogP contribution is -2.12. The van der Waals surface area contributed by atoms with Crippen LogP contribution in [0.25, 0.3) is 54.6 Å². The number of hydrogen-bond acceptors (Lipinski definition) is 2. The van der Waals surface area contributed by atoms with Crippen molar-refractivity contribution in [1.82, 2.24) is 4.98 Å². The summed E-state index contributed by atoms with van der Waals surface area (Å²) in [6.07, 6.45) is 1.87. The van der Waals surface area contributed by atoms with Crippen molar-refractivity contribution < 1.29 is 0 Å². The van der Waals surface area contributed by atoms with E-state index < -0.39 is 0 Å². The quantitative estimate of drug-likeness (QED) is 0.199. The molecule has 0 radical (unpaired) electrons. The maximum absolute atomic E-state index is 4.87. The Hall–Kier alpha value is -5.73. The zero-order valence-electron chi connectivity index (χ0n) is 23.6. The lowest BCUT2D eigenvalue weighted by Gasteiger charge is -2.29. The summed E-state index contributed by atoms with van der Waals surface area (Å²) in [5, 5.41) is 7.30. The first-order valence-electron chi connectivity index (χ1n) is 14.6. The second-order valence-electron chi connectivity index (χ2n) is 10.8. The third-order valence-corrected chi connectivity index (χ3v) is 8.30. The van der Waals surface area contributed by atoms with Crippen LogP contribution in [0.2, 0.25) is 0 Å². The smallest absolute Gasteiger partial charge is 0.137 e. The molecule has 2 heteroatoms. The van der Waals surface area contributed by atoms with Gasteiger partial charge in [0.15, 0.2) is 0 Å². The van der Waals surface area contributed by atoms with Crippen molar-refractivity contribution in [1.29, 1.82) is 0 Å². The molecule has 0 aliphatic rings. The lowest BCUT2D eigenvalue weighted by atomic mass is 9.88. The predicted molar refractivity (Wildman–Crippen MR) is 182 cm³/mol. The Morgan fingerprint density at radius 2 is 0.953 bits per heavy atom. The number of fused-ring (bicyclic) bond motifs is 3. The molecular formula is C41H28N2. The first-order chi connectivity index (χ1) is 21.4. The molecule has 2 nitrogen and oxygen atoms in total. The van der Waals surface area contributed by atoms with Crippen LogP contribution >= 0.6 is 0 Å². The van der Waals surface area contributed by atoms with Gasteiger partial charge in [0.1, 0.15) is 5.82 Å². The Morgan fingerprint density at radius 3 is 1.63 bits per heavy atom. The molecule has 0 atom stereocenters. The highest BCUT2D eigenvalue weighted by Crippen LogP contribution is 2.48. The molecule has 0 N–H and O–H groups in total. The van der Waals surface area contributed by atoms with Crippen molar-refractivity contribution in [2.75, 3.05) is 4.90 Å². The van der Waals surface area contributed by atoms with Crippen LogP contribution in [0, 0.1) is 0 Å².